The predicted molar refractivity (Wildman–Crippen MR) is 208 cm³/mol. The number of phenolic OH excluding ortho intramolecular Hbond substituents is 1. The molecule has 0 fully saturated rings. The molecule has 0 amide bonds. The molecule has 0 aliphatic rings. The highest BCUT2D eigenvalue weighted by molar-refractivity contribution is 7.37. The van der Waals surface area contributed by atoms with Crippen LogP contribution in [0.25, 0.3) is 0 Å². The third kappa shape index (κ3) is 22.6. The summed E-state index contributed by atoms with van der Waals surface area (Å²) in [5.41, 5.74) is 3.56. The van der Waals surface area contributed by atoms with E-state index < -0.39 is 0 Å². The fraction of sp³-hybridized carbons (Fsp3) is 0.860. The number of benzene rings is 1. The van der Waals surface area contributed by atoms with Crippen molar-refractivity contribution in [1.29, 1.82) is 0 Å². The van der Waals surface area contributed by atoms with Gasteiger partial charge >= 0.3 is 0 Å². The molecule has 0 radical (unpaired) electrons. The van der Waals surface area contributed by atoms with Crippen molar-refractivity contribution in [3.8, 4) is 5.75 Å². The molecule has 0 saturated carbocycles. The standard InChI is InChI=1S/C43H81OP/c1-8-9-10-11-12-13-14-15-16-17-18-19-20-21-22-23-24-25-26-27-28-29-30-31-32-33-34-45-37-38-35-39(42(2,3)4)41(44)40(36-38)43(5,6)7/h35-36,44-45H,8-34,37H2,1-7H3. The van der Waals surface area contributed by atoms with Gasteiger partial charge in [-0.3, -0.25) is 0 Å². The van der Waals surface area contributed by atoms with Crippen LogP contribution in [0.2, 0.25) is 0 Å². The first-order valence-electron chi connectivity index (χ1n) is 20.1. The largest absolute Gasteiger partial charge is 0.507 e. The topological polar surface area (TPSA) is 20.2 Å². The molecule has 0 saturated heterocycles. The lowest BCUT2D eigenvalue weighted by molar-refractivity contribution is 0.423. The van der Waals surface area contributed by atoms with E-state index in [-0.39, 0.29) is 10.8 Å². The predicted octanol–water partition coefficient (Wildman–Crippen LogP) is 15.3. The van der Waals surface area contributed by atoms with Gasteiger partial charge < -0.3 is 5.11 Å². The van der Waals surface area contributed by atoms with Gasteiger partial charge in [-0.1, -0.05) is 221 Å². The Balaban J connectivity index is 1.88. The van der Waals surface area contributed by atoms with E-state index in [1.54, 1.807) is 0 Å². The minimum Gasteiger partial charge on any atom is -0.507 e. The summed E-state index contributed by atoms with van der Waals surface area (Å²) in [7, 11) is 0.994. The normalized spacial score (nSPS) is 12.6. The first-order valence-corrected chi connectivity index (χ1v) is 21.6. The van der Waals surface area contributed by atoms with E-state index in [2.05, 4.69) is 60.6 Å². The molecule has 1 aromatic carbocycles. The summed E-state index contributed by atoms with van der Waals surface area (Å²) < 4.78 is 0. The van der Waals surface area contributed by atoms with Gasteiger partial charge in [-0.05, 0) is 46.3 Å². The summed E-state index contributed by atoms with van der Waals surface area (Å²) in [6.45, 7) is 15.6. The SMILES string of the molecule is CCCCCCCCCCCCCCCCCCCCCCCCCCCCPCc1cc(C(C)(C)C)c(O)c(C(C)(C)C)c1. The van der Waals surface area contributed by atoms with E-state index in [0.29, 0.717) is 5.75 Å². The highest BCUT2D eigenvalue weighted by Crippen LogP contribution is 2.40. The second-order valence-electron chi connectivity index (χ2n) is 16.6. The smallest absolute Gasteiger partial charge is 0.123 e. The van der Waals surface area contributed by atoms with Gasteiger partial charge in [0.15, 0.2) is 0 Å². The average Bonchev–Trinajstić information content (AvgIpc) is 2.98. The minimum atomic E-state index is -0.0332. The van der Waals surface area contributed by atoms with Crippen LogP contribution in [-0.4, -0.2) is 11.3 Å². The second-order valence-corrected chi connectivity index (χ2v) is 17.9. The van der Waals surface area contributed by atoms with Gasteiger partial charge in [0.1, 0.15) is 5.75 Å². The number of hydrogen-bond acceptors (Lipinski definition) is 1. The summed E-state index contributed by atoms with van der Waals surface area (Å²) >= 11 is 0. The van der Waals surface area contributed by atoms with Crippen LogP contribution in [-0.2, 0) is 17.0 Å². The Morgan fingerprint density at radius 1 is 0.444 bits per heavy atom. The number of unbranched alkanes of at least 4 members (excludes halogenated alkanes) is 25. The van der Waals surface area contributed by atoms with Crippen LogP contribution in [0.4, 0.5) is 0 Å². The van der Waals surface area contributed by atoms with Crippen molar-refractivity contribution in [3.63, 3.8) is 0 Å². The first kappa shape index (κ1) is 42.5. The quantitative estimate of drug-likeness (QED) is 0.0679. The Kier molecular flexibility index (Phi) is 24.9. The van der Waals surface area contributed by atoms with Crippen molar-refractivity contribution in [3.05, 3.63) is 28.8 Å². The monoisotopic (exact) mass is 645 g/mol. The number of phenols is 1. The van der Waals surface area contributed by atoms with Crippen molar-refractivity contribution in [2.75, 3.05) is 6.16 Å². The third-order valence-electron chi connectivity index (χ3n) is 9.82. The molecule has 264 valence electrons. The van der Waals surface area contributed by atoms with Crippen molar-refractivity contribution in [2.45, 2.75) is 232 Å². The second kappa shape index (κ2) is 26.4. The molecule has 1 rings (SSSR count). The first-order chi connectivity index (χ1) is 21.6. The molecule has 0 bridgehead atoms. The van der Waals surface area contributed by atoms with E-state index in [1.807, 2.05) is 0 Å². The molecule has 45 heavy (non-hydrogen) atoms. The molecule has 1 nitrogen and oxygen atoms in total. The van der Waals surface area contributed by atoms with Crippen LogP contribution >= 0.6 is 8.58 Å². The van der Waals surface area contributed by atoms with Crippen molar-refractivity contribution in [1.82, 2.24) is 0 Å². The zero-order valence-electron chi connectivity index (χ0n) is 31.9. The lowest BCUT2D eigenvalue weighted by Gasteiger charge is -2.28. The van der Waals surface area contributed by atoms with Gasteiger partial charge in [0.05, 0.1) is 0 Å². The molecule has 1 N–H and O–H groups in total. The Morgan fingerprint density at radius 2 is 0.711 bits per heavy atom. The van der Waals surface area contributed by atoms with E-state index >= 15 is 0 Å². The summed E-state index contributed by atoms with van der Waals surface area (Å²) in [6.07, 6.45) is 40.4. The van der Waals surface area contributed by atoms with E-state index in [9.17, 15) is 5.11 Å². The Morgan fingerprint density at radius 3 is 0.978 bits per heavy atom. The summed E-state index contributed by atoms with van der Waals surface area (Å²) in [5.74, 6) is 0.512. The summed E-state index contributed by atoms with van der Waals surface area (Å²) in [4.78, 5) is 0. The summed E-state index contributed by atoms with van der Waals surface area (Å²) in [6, 6.07) is 4.55. The molecule has 0 aliphatic heterocycles. The number of rotatable bonds is 29. The van der Waals surface area contributed by atoms with Crippen LogP contribution in [0.1, 0.15) is 232 Å². The number of aromatic hydroxyl groups is 1. The molecule has 0 heterocycles. The maximum Gasteiger partial charge on any atom is 0.123 e. The van der Waals surface area contributed by atoms with Crippen molar-refractivity contribution >= 4 is 8.58 Å². The van der Waals surface area contributed by atoms with Gasteiger partial charge in [0, 0.05) is 0 Å². The van der Waals surface area contributed by atoms with Gasteiger partial charge in [0.25, 0.3) is 0 Å². The molecule has 1 atom stereocenters. The highest BCUT2D eigenvalue weighted by atomic mass is 31.1. The van der Waals surface area contributed by atoms with Crippen LogP contribution in [0, 0.1) is 0 Å². The lowest BCUT2D eigenvalue weighted by Crippen LogP contribution is -2.17. The molecule has 1 unspecified atom stereocenters. The maximum atomic E-state index is 11.0. The van der Waals surface area contributed by atoms with Crippen LogP contribution in [0.15, 0.2) is 12.1 Å². The molecular formula is C43H81OP. The highest BCUT2D eigenvalue weighted by Gasteiger charge is 2.26. The Hall–Kier alpha value is -0.550. The average molecular weight is 645 g/mol. The van der Waals surface area contributed by atoms with E-state index in [1.165, 1.54) is 179 Å². The lowest BCUT2D eigenvalue weighted by atomic mass is 9.78. The minimum absolute atomic E-state index is 0.0332. The molecule has 0 spiro atoms. The van der Waals surface area contributed by atoms with Crippen LogP contribution in [0.3, 0.4) is 0 Å². The van der Waals surface area contributed by atoms with E-state index in [4.69, 9.17) is 0 Å². The van der Waals surface area contributed by atoms with Gasteiger partial charge in [0.2, 0.25) is 0 Å². The summed E-state index contributed by atoms with van der Waals surface area (Å²) in [5, 5.41) is 11.0. The Labute approximate surface area is 286 Å². The van der Waals surface area contributed by atoms with Crippen molar-refractivity contribution < 1.29 is 5.11 Å². The molecule has 1 aromatic rings. The van der Waals surface area contributed by atoms with Crippen LogP contribution < -0.4 is 0 Å². The fourth-order valence-corrected chi connectivity index (χ4v) is 7.91. The maximum absolute atomic E-state index is 11.0. The third-order valence-corrected chi connectivity index (χ3v) is 11.2. The fourth-order valence-electron chi connectivity index (χ4n) is 6.74. The Bertz CT molecular complexity index is 779. The zero-order chi connectivity index (χ0) is 33.2. The molecular weight excluding hydrogens is 563 g/mol. The molecule has 0 aliphatic carbocycles. The van der Waals surface area contributed by atoms with Gasteiger partial charge in [-0.15, -0.1) is 8.58 Å². The zero-order valence-corrected chi connectivity index (χ0v) is 32.9. The van der Waals surface area contributed by atoms with Gasteiger partial charge in [-0.25, -0.2) is 0 Å². The molecule has 0 aromatic heterocycles. The van der Waals surface area contributed by atoms with Gasteiger partial charge in [-0.2, -0.15) is 0 Å². The van der Waals surface area contributed by atoms with Crippen LogP contribution in [0.5, 0.6) is 5.75 Å². The number of hydrogen-bond donors (Lipinski definition) is 1. The van der Waals surface area contributed by atoms with E-state index in [0.717, 1.165) is 25.9 Å². The molecule has 2 heteroatoms. The van der Waals surface area contributed by atoms with Crippen molar-refractivity contribution in [2.24, 2.45) is 0 Å².